The van der Waals surface area contributed by atoms with E-state index in [0.29, 0.717) is 24.6 Å². The molecule has 2 aromatic rings. The molecule has 1 aromatic carbocycles. The van der Waals surface area contributed by atoms with Crippen LogP contribution >= 0.6 is 0 Å². The molecule has 1 aromatic heterocycles. The van der Waals surface area contributed by atoms with Crippen molar-refractivity contribution >= 4 is 5.91 Å². The largest absolute Gasteiger partial charge is 0.485 e. The third-order valence-corrected chi connectivity index (χ3v) is 4.52. The van der Waals surface area contributed by atoms with E-state index in [1.54, 1.807) is 11.0 Å². The Labute approximate surface area is 156 Å². The number of rotatable bonds is 3. The van der Waals surface area contributed by atoms with E-state index in [0.717, 1.165) is 12.8 Å². The number of para-hydroxylation sites is 2. The number of amides is 1. The first-order valence-electron chi connectivity index (χ1n) is 8.79. The number of piperidine rings is 1. The molecule has 2 aliphatic heterocycles. The van der Waals surface area contributed by atoms with Crippen LogP contribution in [-0.2, 0) is 4.79 Å². The monoisotopic (exact) mass is 366 g/mol. The summed E-state index contributed by atoms with van der Waals surface area (Å²) in [5.41, 5.74) is 0.140. The van der Waals surface area contributed by atoms with Crippen LogP contribution in [0.3, 0.4) is 0 Å². The van der Waals surface area contributed by atoms with Crippen LogP contribution in [0.1, 0.15) is 18.5 Å². The Hall–Kier alpha value is -3.34. The molecule has 27 heavy (non-hydrogen) atoms. The smallest absolute Gasteiger partial charge is 0.267 e. The molecular formula is C19H18N4O4. The van der Waals surface area contributed by atoms with Crippen molar-refractivity contribution in [3.63, 3.8) is 0 Å². The van der Waals surface area contributed by atoms with E-state index in [9.17, 15) is 4.79 Å². The Morgan fingerprint density at radius 3 is 2.93 bits per heavy atom. The summed E-state index contributed by atoms with van der Waals surface area (Å²) in [6, 6.07) is 9.27. The van der Waals surface area contributed by atoms with Crippen molar-refractivity contribution in [2.45, 2.75) is 25.0 Å². The third kappa shape index (κ3) is 3.62. The lowest BCUT2D eigenvalue weighted by atomic mass is 10.1. The average molecular weight is 366 g/mol. The van der Waals surface area contributed by atoms with Gasteiger partial charge in [0.05, 0.1) is 6.54 Å². The fourth-order valence-corrected chi connectivity index (χ4v) is 3.23. The molecule has 0 radical (unpaired) electrons. The van der Waals surface area contributed by atoms with Gasteiger partial charge < -0.3 is 19.1 Å². The Morgan fingerprint density at radius 1 is 1.26 bits per heavy atom. The number of carbonyl (C=O) groups excluding carboxylic acids is 1. The van der Waals surface area contributed by atoms with Gasteiger partial charge in [-0.2, -0.15) is 5.26 Å². The van der Waals surface area contributed by atoms with Gasteiger partial charge in [0.25, 0.3) is 11.8 Å². The van der Waals surface area contributed by atoms with E-state index in [1.165, 1.54) is 12.4 Å². The van der Waals surface area contributed by atoms with Gasteiger partial charge in [0, 0.05) is 18.9 Å². The lowest BCUT2D eigenvalue weighted by Crippen LogP contribution is -2.51. The van der Waals surface area contributed by atoms with Crippen molar-refractivity contribution in [2.24, 2.45) is 0 Å². The summed E-state index contributed by atoms with van der Waals surface area (Å²) in [4.78, 5) is 22.6. The molecule has 2 atom stereocenters. The maximum absolute atomic E-state index is 12.9. The number of likely N-dealkylation sites (tertiary alicyclic amines) is 1. The molecule has 0 bridgehead atoms. The molecule has 2 aliphatic rings. The molecule has 1 amide bonds. The topological polar surface area (TPSA) is 97.6 Å². The van der Waals surface area contributed by atoms with Crippen molar-refractivity contribution in [1.29, 1.82) is 5.26 Å². The van der Waals surface area contributed by atoms with Gasteiger partial charge in [-0.1, -0.05) is 12.1 Å². The lowest BCUT2D eigenvalue weighted by Gasteiger charge is -2.35. The number of benzene rings is 1. The Kier molecular flexibility index (Phi) is 4.75. The van der Waals surface area contributed by atoms with Crippen LogP contribution in [0.5, 0.6) is 17.4 Å². The molecule has 0 saturated carbocycles. The minimum Gasteiger partial charge on any atom is -0.485 e. The fourth-order valence-electron chi connectivity index (χ4n) is 3.23. The molecule has 8 heteroatoms. The number of nitrogens with zero attached hydrogens (tertiary/aromatic N) is 4. The van der Waals surface area contributed by atoms with Gasteiger partial charge in [-0.3, -0.25) is 4.79 Å². The summed E-state index contributed by atoms with van der Waals surface area (Å²) in [5, 5.41) is 9.11. The molecular weight excluding hydrogens is 348 g/mol. The number of fused-ring (bicyclic) bond motifs is 1. The summed E-state index contributed by atoms with van der Waals surface area (Å²) in [7, 11) is 0. The van der Waals surface area contributed by atoms with E-state index < -0.39 is 6.10 Å². The average Bonchev–Trinajstić information content (AvgIpc) is 2.73. The summed E-state index contributed by atoms with van der Waals surface area (Å²) < 4.78 is 17.3. The summed E-state index contributed by atoms with van der Waals surface area (Å²) in [6.45, 7) is 1.22. The Bertz CT molecular complexity index is 882. The van der Waals surface area contributed by atoms with Gasteiger partial charge in [-0.05, 0) is 25.0 Å². The number of hydrogen-bond acceptors (Lipinski definition) is 7. The van der Waals surface area contributed by atoms with Gasteiger partial charge in [-0.25, -0.2) is 9.97 Å². The van der Waals surface area contributed by atoms with Crippen LogP contribution in [0.15, 0.2) is 36.7 Å². The molecule has 0 spiro atoms. The second kappa shape index (κ2) is 7.50. The van der Waals surface area contributed by atoms with Crippen molar-refractivity contribution in [3.05, 3.63) is 42.4 Å². The highest BCUT2D eigenvalue weighted by Gasteiger charge is 2.34. The molecule has 138 valence electrons. The molecule has 3 heterocycles. The number of ether oxygens (including phenoxy) is 3. The molecule has 1 fully saturated rings. The molecule has 1 saturated heterocycles. The Balaban J connectivity index is 1.41. The van der Waals surface area contributed by atoms with Gasteiger partial charge in [0.1, 0.15) is 18.8 Å². The third-order valence-electron chi connectivity index (χ3n) is 4.52. The van der Waals surface area contributed by atoms with Crippen LogP contribution in [0, 0.1) is 11.3 Å². The van der Waals surface area contributed by atoms with E-state index >= 15 is 0 Å². The first-order chi connectivity index (χ1) is 13.2. The van der Waals surface area contributed by atoms with E-state index in [4.69, 9.17) is 19.5 Å². The fraction of sp³-hybridized carbons (Fsp3) is 0.368. The highest BCUT2D eigenvalue weighted by Crippen LogP contribution is 2.31. The standard InChI is InChI=1S/C19H18N4O4/c20-10-14-18(22-8-7-21-14)26-13-4-3-9-23(11-13)19(24)17-12-25-15-5-1-2-6-16(15)27-17/h1-2,5-8,13,17H,3-4,9,11-12H2/t13-,17-/m1/s1. The SMILES string of the molecule is N#Cc1nccnc1O[C@@H]1CCCN(C(=O)[C@H]2COc3ccccc3O2)C1. The highest BCUT2D eigenvalue weighted by molar-refractivity contribution is 5.82. The van der Waals surface area contributed by atoms with E-state index in [-0.39, 0.29) is 30.2 Å². The second-order valence-electron chi connectivity index (χ2n) is 6.35. The number of carbonyl (C=O) groups is 1. The molecule has 0 unspecified atom stereocenters. The van der Waals surface area contributed by atoms with Gasteiger partial charge in [0.15, 0.2) is 11.5 Å². The van der Waals surface area contributed by atoms with Gasteiger partial charge >= 0.3 is 0 Å². The molecule has 4 rings (SSSR count). The Morgan fingerprint density at radius 2 is 2.07 bits per heavy atom. The van der Waals surface area contributed by atoms with E-state index in [1.807, 2.05) is 24.3 Å². The summed E-state index contributed by atoms with van der Waals surface area (Å²) in [6.07, 6.45) is 3.57. The normalized spacial score (nSPS) is 21.2. The van der Waals surface area contributed by atoms with Crippen LogP contribution < -0.4 is 14.2 Å². The van der Waals surface area contributed by atoms with Crippen molar-refractivity contribution in [1.82, 2.24) is 14.9 Å². The zero-order valence-corrected chi connectivity index (χ0v) is 14.6. The van der Waals surface area contributed by atoms with E-state index in [2.05, 4.69) is 9.97 Å². The minimum atomic E-state index is -0.676. The maximum Gasteiger partial charge on any atom is 0.267 e. The van der Waals surface area contributed by atoms with Gasteiger partial charge in [-0.15, -0.1) is 0 Å². The molecule has 0 N–H and O–H groups in total. The van der Waals surface area contributed by atoms with Crippen molar-refractivity contribution in [2.75, 3.05) is 19.7 Å². The van der Waals surface area contributed by atoms with Crippen LogP contribution in [0.2, 0.25) is 0 Å². The number of hydrogen-bond donors (Lipinski definition) is 0. The summed E-state index contributed by atoms with van der Waals surface area (Å²) in [5.74, 6) is 1.29. The number of aromatic nitrogens is 2. The quantitative estimate of drug-likeness (QED) is 0.813. The highest BCUT2D eigenvalue weighted by atomic mass is 16.6. The maximum atomic E-state index is 12.9. The zero-order valence-electron chi connectivity index (χ0n) is 14.6. The molecule has 8 nitrogen and oxygen atoms in total. The summed E-state index contributed by atoms with van der Waals surface area (Å²) >= 11 is 0. The number of nitriles is 1. The van der Waals surface area contributed by atoms with Gasteiger partial charge in [0.2, 0.25) is 11.8 Å². The van der Waals surface area contributed by atoms with Crippen LogP contribution in [-0.4, -0.2) is 52.7 Å². The van der Waals surface area contributed by atoms with Crippen molar-refractivity contribution in [3.8, 4) is 23.4 Å². The minimum absolute atomic E-state index is 0.127. The van der Waals surface area contributed by atoms with Crippen LogP contribution in [0.4, 0.5) is 0 Å². The second-order valence-corrected chi connectivity index (χ2v) is 6.35. The molecule has 0 aliphatic carbocycles. The van der Waals surface area contributed by atoms with Crippen molar-refractivity contribution < 1.29 is 19.0 Å². The first-order valence-corrected chi connectivity index (χ1v) is 8.79. The zero-order chi connectivity index (χ0) is 18.6. The predicted octanol–water partition coefficient (Wildman–Crippen LogP) is 1.56. The predicted molar refractivity (Wildman–Crippen MR) is 93.3 cm³/mol. The first kappa shape index (κ1) is 17.1. The van der Waals surface area contributed by atoms with Crippen LogP contribution in [0.25, 0.3) is 0 Å². The lowest BCUT2D eigenvalue weighted by molar-refractivity contribution is -0.143.